The quantitative estimate of drug-likeness (QED) is 0.246. The number of imidazole rings is 1. The molecule has 172 valence electrons. The number of benzene rings is 5. The molecule has 0 aliphatic carbocycles. The zero-order chi connectivity index (χ0) is 24.2. The number of hydrogen-bond donors (Lipinski definition) is 0. The molecular weight excluding hydrogens is 456 g/mol. The lowest BCUT2D eigenvalue weighted by atomic mass is 9.98. The summed E-state index contributed by atoms with van der Waals surface area (Å²) in [6.45, 7) is 4.36. The smallest absolute Gasteiger partial charge is 0.145 e. The number of thiophene rings is 1. The average Bonchev–Trinajstić information content (AvgIpc) is 3.47. The number of para-hydroxylation sites is 3. The molecule has 0 radical (unpaired) electrons. The van der Waals surface area contributed by atoms with Crippen LogP contribution in [0, 0.1) is 13.8 Å². The summed E-state index contributed by atoms with van der Waals surface area (Å²) >= 11 is 1.89. The zero-order valence-corrected chi connectivity index (χ0v) is 21.0. The minimum Gasteiger partial charge on any atom is -0.292 e. The first kappa shape index (κ1) is 21.1. The molecular formula is C33H24N2S. The summed E-state index contributed by atoms with van der Waals surface area (Å²) < 4.78 is 4.95. The third-order valence-electron chi connectivity index (χ3n) is 6.88. The Morgan fingerprint density at radius 2 is 1.42 bits per heavy atom. The van der Waals surface area contributed by atoms with Crippen molar-refractivity contribution >= 4 is 42.5 Å². The van der Waals surface area contributed by atoms with E-state index in [1.165, 1.54) is 42.4 Å². The summed E-state index contributed by atoms with van der Waals surface area (Å²) in [5.41, 5.74) is 9.42. The van der Waals surface area contributed by atoms with E-state index in [1.54, 1.807) is 0 Å². The standard InChI is InChI=1S/C33H24N2S/c1-21-15-16-31-27(17-21)28-19-22(2)18-26(32(28)36-31)23-9-8-10-24(20-23)33-34-29-13-6-7-14-30(29)35(33)25-11-4-3-5-12-25/h3-20H,1-2H3. The predicted molar refractivity (Wildman–Crippen MR) is 154 cm³/mol. The van der Waals surface area contributed by atoms with E-state index >= 15 is 0 Å². The van der Waals surface area contributed by atoms with Crippen LogP contribution < -0.4 is 0 Å². The molecule has 0 N–H and O–H groups in total. The van der Waals surface area contributed by atoms with Gasteiger partial charge in [-0.1, -0.05) is 60.2 Å². The van der Waals surface area contributed by atoms with Crippen molar-refractivity contribution < 1.29 is 0 Å². The van der Waals surface area contributed by atoms with Gasteiger partial charge >= 0.3 is 0 Å². The fourth-order valence-electron chi connectivity index (χ4n) is 5.23. The Balaban J connectivity index is 1.47. The van der Waals surface area contributed by atoms with Crippen molar-refractivity contribution in [3.05, 3.63) is 120 Å². The minimum absolute atomic E-state index is 0.958. The summed E-state index contributed by atoms with van der Waals surface area (Å²) in [6, 6.07) is 39.2. The van der Waals surface area contributed by atoms with Crippen molar-refractivity contribution in [2.75, 3.05) is 0 Å². The Bertz CT molecular complexity index is 1910. The van der Waals surface area contributed by atoms with Crippen LogP contribution in [-0.4, -0.2) is 9.55 Å². The summed E-state index contributed by atoms with van der Waals surface area (Å²) in [7, 11) is 0. The number of nitrogens with zero attached hydrogens (tertiary/aromatic N) is 2. The number of hydrogen-bond acceptors (Lipinski definition) is 2. The molecule has 0 fully saturated rings. The van der Waals surface area contributed by atoms with Crippen LogP contribution in [0.5, 0.6) is 0 Å². The highest BCUT2D eigenvalue weighted by molar-refractivity contribution is 7.26. The van der Waals surface area contributed by atoms with Gasteiger partial charge in [0, 0.05) is 31.4 Å². The van der Waals surface area contributed by atoms with Gasteiger partial charge < -0.3 is 0 Å². The molecule has 7 rings (SSSR count). The Hall–Kier alpha value is -4.21. The van der Waals surface area contributed by atoms with E-state index in [4.69, 9.17) is 4.98 Å². The van der Waals surface area contributed by atoms with Gasteiger partial charge in [0.2, 0.25) is 0 Å². The SMILES string of the molecule is Cc1ccc2sc3c(-c4cccc(-c5nc6ccccc6n5-c5ccccc5)c4)cc(C)cc3c2c1. The highest BCUT2D eigenvalue weighted by atomic mass is 32.1. The third-order valence-corrected chi connectivity index (χ3v) is 8.10. The van der Waals surface area contributed by atoms with Crippen LogP contribution in [0.2, 0.25) is 0 Å². The summed E-state index contributed by atoms with van der Waals surface area (Å²) in [6.07, 6.45) is 0. The van der Waals surface area contributed by atoms with Crippen LogP contribution in [0.1, 0.15) is 11.1 Å². The fourth-order valence-corrected chi connectivity index (χ4v) is 6.44. The molecule has 2 heterocycles. The van der Waals surface area contributed by atoms with Gasteiger partial charge in [-0.2, -0.15) is 0 Å². The summed E-state index contributed by atoms with van der Waals surface area (Å²) in [5, 5.41) is 2.69. The normalized spacial score (nSPS) is 11.6. The van der Waals surface area contributed by atoms with Crippen LogP contribution in [-0.2, 0) is 0 Å². The molecule has 0 unspecified atom stereocenters. The Morgan fingerprint density at radius 1 is 0.639 bits per heavy atom. The van der Waals surface area contributed by atoms with Gasteiger partial charge in [0.15, 0.2) is 0 Å². The number of aromatic nitrogens is 2. The van der Waals surface area contributed by atoms with E-state index < -0.39 is 0 Å². The largest absolute Gasteiger partial charge is 0.292 e. The fraction of sp³-hybridized carbons (Fsp3) is 0.0606. The molecule has 0 saturated heterocycles. The number of fused-ring (bicyclic) bond motifs is 4. The molecule has 2 nitrogen and oxygen atoms in total. The van der Waals surface area contributed by atoms with Crippen LogP contribution >= 0.6 is 11.3 Å². The molecule has 0 bridgehead atoms. The minimum atomic E-state index is 0.958. The van der Waals surface area contributed by atoms with Crippen LogP contribution in [0.3, 0.4) is 0 Å². The maximum atomic E-state index is 5.08. The molecule has 0 amide bonds. The van der Waals surface area contributed by atoms with E-state index in [9.17, 15) is 0 Å². The van der Waals surface area contributed by atoms with Gasteiger partial charge in [-0.3, -0.25) is 4.57 Å². The molecule has 3 heteroatoms. The van der Waals surface area contributed by atoms with Crippen molar-refractivity contribution in [2.45, 2.75) is 13.8 Å². The lowest BCUT2D eigenvalue weighted by Gasteiger charge is -2.11. The summed E-state index contributed by atoms with van der Waals surface area (Å²) in [5.74, 6) is 0.958. The molecule has 0 aliphatic heterocycles. The average molecular weight is 481 g/mol. The van der Waals surface area contributed by atoms with Gasteiger partial charge in [-0.15, -0.1) is 11.3 Å². The Morgan fingerprint density at radius 3 is 2.31 bits per heavy atom. The van der Waals surface area contributed by atoms with E-state index in [-0.39, 0.29) is 0 Å². The number of rotatable bonds is 3. The molecule has 7 aromatic rings. The Labute approximate surface area is 214 Å². The maximum Gasteiger partial charge on any atom is 0.145 e. The highest BCUT2D eigenvalue weighted by Gasteiger charge is 2.16. The first-order valence-electron chi connectivity index (χ1n) is 12.2. The first-order chi connectivity index (χ1) is 17.7. The summed E-state index contributed by atoms with van der Waals surface area (Å²) in [4.78, 5) is 5.08. The second-order valence-corrected chi connectivity index (χ2v) is 10.5. The van der Waals surface area contributed by atoms with Gasteiger partial charge in [-0.05, 0) is 85.1 Å². The molecule has 36 heavy (non-hydrogen) atoms. The second-order valence-electron chi connectivity index (χ2n) is 9.47. The third kappa shape index (κ3) is 3.35. The predicted octanol–water partition coefficient (Wildman–Crippen LogP) is 9.34. The Kier molecular flexibility index (Phi) is 4.80. The van der Waals surface area contributed by atoms with Crippen molar-refractivity contribution in [3.8, 4) is 28.2 Å². The van der Waals surface area contributed by atoms with Gasteiger partial charge in [0.05, 0.1) is 11.0 Å². The molecule has 5 aromatic carbocycles. The van der Waals surface area contributed by atoms with Gasteiger partial charge in [0.1, 0.15) is 5.82 Å². The van der Waals surface area contributed by atoms with Crippen LogP contribution in [0.25, 0.3) is 59.4 Å². The molecule has 0 saturated carbocycles. The highest BCUT2D eigenvalue weighted by Crippen LogP contribution is 2.42. The topological polar surface area (TPSA) is 17.8 Å². The lowest BCUT2D eigenvalue weighted by molar-refractivity contribution is 1.10. The molecule has 0 spiro atoms. The zero-order valence-electron chi connectivity index (χ0n) is 20.2. The van der Waals surface area contributed by atoms with E-state index in [1.807, 2.05) is 11.3 Å². The molecule has 0 aliphatic rings. The van der Waals surface area contributed by atoms with Gasteiger partial charge in [0.25, 0.3) is 0 Å². The van der Waals surface area contributed by atoms with E-state index in [2.05, 4.69) is 128 Å². The second kappa shape index (κ2) is 8.18. The maximum absolute atomic E-state index is 5.08. The van der Waals surface area contributed by atoms with Crippen LogP contribution in [0.15, 0.2) is 109 Å². The lowest BCUT2D eigenvalue weighted by Crippen LogP contribution is -1.97. The molecule has 0 atom stereocenters. The number of aryl methyl sites for hydroxylation is 2. The van der Waals surface area contributed by atoms with E-state index in [0.29, 0.717) is 0 Å². The molecule has 2 aromatic heterocycles. The van der Waals surface area contributed by atoms with Crippen LogP contribution in [0.4, 0.5) is 0 Å². The van der Waals surface area contributed by atoms with Gasteiger partial charge in [-0.25, -0.2) is 4.98 Å². The van der Waals surface area contributed by atoms with Crippen molar-refractivity contribution in [2.24, 2.45) is 0 Å². The first-order valence-corrected chi connectivity index (χ1v) is 13.0. The van der Waals surface area contributed by atoms with Crippen molar-refractivity contribution in [3.63, 3.8) is 0 Å². The van der Waals surface area contributed by atoms with Crippen molar-refractivity contribution in [1.82, 2.24) is 9.55 Å². The van der Waals surface area contributed by atoms with E-state index in [0.717, 1.165) is 28.1 Å². The monoisotopic (exact) mass is 480 g/mol. The van der Waals surface area contributed by atoms with Crippen molar-refractivity contribution in [1.29, 1.82) is 0 Å².